The van der Waals surface area contributed by atoms with E-state index in [0.29, 0.717) is 25.5 Å². The first kappa shape index (κ1) is 22.9. The molecule has 2 heterocycles. The van der Waals surface area contributed by atoms with Crippen LogP contribution >= 0.6 is 24.0 Å². The molecule has 0 aliphatic carbocycles. The van der Waals surface area contributed by atoms with Crippen molar-refractivity contribution in [2.45, 2.75) is 32.4 Å². The van der Waals surface area contributed by atoms with E-state index in [9.17, 15) is 4.79 Å². The van der Waals surface area contributed by atoms with Gasteiger partial charge >= 0.3 is 0 Å². The van der Waals surface area contributed by atoms with Gasteiger partial charge in [0.2, 0.25) is 5.91 Å². The predicted octanol–water partition coefficient (Wildman–Crippen LogP) is 1.55. The monoisotopic (exact) mass is 501 g/mol. The number of nitrogens with one attached hydrogen (secondary N) is 1. The van der Waals surface area contributed by atoms with Crippen LogP contribution in [0.1, 0.15) is 30.4 Å². The Labute approximate surface area is 184 Å². The zero-order valence-electron chi connectivity index (χ0n) is 16.4. The van der Waals surface area contributed by atoms with E-state index in [1.165, 1.54) is 0 Å². The van der Waals surface area contributed by atoms with E-state index in [1.807, 2.05) is 17.0 Å². The molecule has 2 fully saturated rings. The van der Waals surface area contributed by atoms with Gasteiger partial charge in [0, 0.05) is 39.1 Å². The van der Waals surface area contributed by atoms with Crippen LogP contribution in [0.5, 0.6) is 0 Å². The average Bonchev–Trinajstić information content (AvgIpc) is 3.09. The van der Waals surface area contributed by atoms with Crippen LogP contribution in [0.25, 0.3) is 0 Å². The van der Waals surface area contributed by atoms with E-state index < -0.39 is 0 Å². The van der Waals surface area contributed by atoms with Crippen molar-refractivity contribution in [3.63, 3.8) is 0 Å². The van der Waals surface area contributed by atoms with Gasteiger partial charge in [-0.05, 0) is 30.5 Å². The molecule has 0 radical (unpaired) electrons. The lowest BCUT2D eigenvalue weighted by Gasteiger charge is -2.26. The van der Waals surface area contributed by atoms with Crippen LogP contribution in [0.15, 0.2) is 29.3 Å². The standard InChI is InChI=1S/C20H31N5O2.HI/c21-20(22-7-3-8-24-10-12-27-13-11-24)23-15-17-4-1-5-18(14-17)16-25-9-2-6-19(25)26;/h1,4-5,14H,2-3,6-13,15-16H2,(H3,21,22,23);1H. The number of morpholine rings is 1. The molecule has 28 heavy (non-hydrogen) atoms. The zero-order valence-corrected chi connectivity index (χ0v) is 18.8. The molecule has 2 aliphatic heterocycles. The van der Waals surface area contributed by atoms with Crippen molar-refractivity contribution >= 4 is 35.8 Å². The quantitative estimate of drug-likeness (QED) is 0.245. The Morgan fingerprint density at radius 1 is 1.21 bits per heavy atom. The van der Waals surface area contributed by atoms with E-state index in [2.05, 4.69) is 27.3 Å². The summed E-state index contributed by atoms with van der Waals surface area (Å²) >= 11 is 0. The van der Waals surface area contributed by atoms with Crippen molar-refractivity contribution in [3.8, 4) is 0 Å². The van der Waals surface area contributed by atoms with Crippen LogP contribution in [-0.4, -0.2) is 67.6 Å². The fourth-order valence-corrected chi connectivity index (χ4v) is 3.49. The molecule has 1 aromatic rings. The molecule has 2 saturated heterocycles. The zero-order chi connectivity index (χ0) is 18.9. The fourth-order valence-electron chi connectivity index (χ4n) is 3.49. The smallest absolute Gasteiger partial charge is 0.222 e. The van der Waals surface area contributed by atoms with Crippen LogP contribution in [0.4, 0.5) is 0 Å². The van der Waals surface area contributed by atoms with Gasteiger partial charge in [-0.2, -0.15) is 0 Å². The molecule has 3 rings (SSSR count). The Balaban J connectivity index is 0.00000280. The van der Waals surface area contributed by atoms with Gasteiger partial charge in [-0.1, -0.05) is 24.3 Å². The average molecular weight is 501 g/mol. The number of carbonyl (C=O) groups is 1. The Hall–Kier alpha value is -1.39. The van der Waals surface area contributed by atoms with Crippen molar-refractivity contribution < 1.29 is 9.53 Å². The summed E-state index contributed by atoms with van der Waals surface area (Å²) in [5.41, 5.74) is 8.24. The molecule has 0 atom stereocenters. The number of guanidine groups is 1. The molecule has 1 amide bonds. The van der Waals surface area contributed by atoms with Gasteiger partial charge in [-0.25, -0.2) is 4.99 Å². The summed E-state index contributed by atoms with van der Waals surface area (Å²) < 4.78 is 5.35. The van der Waals surface area contributed by atoms with Crippen molar-refractivity contribution in [3.05, 3.63) is 35.4 Å². The van der Waals surface area contributed by atoms with Gasteiger partial charge in [0.1, 0.15) is 0 Å². The van der Waals surface area contributed by atoms with Crippen molar-refractivity contribution in [1.29, 1.82) is 0 Å². The normalized spacial score (nSPS) is 18.2. The summed E-state index contributed by atoms with van der Waals surface area (Å²) in [5, 5.41) is 3.19. The highest BCUT2D eigenvalue weighted by atomic mass is 127. The molecule has 3 N–H and O–H groups in total. The van der Waals surface area contributed by atoms with Gasteiger partial charge in [-0.3, -0.25) is 9.69 Å². The van der Waals surface area contributed by atoms with Crippen LogP contribution in [0, 0.1) is 0 Å². The maximum Gasteiger partial charge on any atom is 0.222 e. The number of ether oxygens (including phenoxy) is 1. The van der Waals surface area contributed by atoms with E-state index in [0.717, 1.165) is 69.9 Å². The molecule has 7 nitrogen and oxygen atoms in total. The minimum Gasteiger partial charge on any atom is -0.379 e. The summed E-state index contributed by atoms with van der Waals surface area (Å²) in [5.74, 6) is 0.737. The summed E-state index contributed by atoms with van der Waals surface area (Å²) in [6.07, 6.45) is 2.68. The Kier molecular flexibility index (Phi) is 10.0. The lowest BCUT2D eigenvalue weighted by molar-refractivity contribution is -0.128. The SMILES string of the molecule is I.NC(=NCc1cccc(CN2CCCC2=O)c1)NCCCN1CCOCC1. The van der Waals surface area contributed by atoms with Crippen LogP contribution in [0.3, 0.4) is 0 Å². The first-order chi connectivity index (χ1) is 13.2. The molecular weight excluding hydrogens is 469 g/mol. The van der Waals surface area contributed by atoms with E-state index in [1.54, 1.807) is 0 Å². The maximum absolute atomic E-state index is 11.8. The highest BCUT2D eigenvalue weighted by Crippen LogP contribution is 2.15. The van der Waals surface area contributed by atoms with E-state index in [4.69, 9.17) is 10.5 Å². The Bertz CT molecular complexity index is 649. The Morgan fingerprint density at radius 3 is 2.75 bits per heavy atom. The molecule has 0 spiro atoms. The summed E-state index contributed by atoms with van der Waals surface area (Å²) in [6.45, 7) is 7.68. The lowest BCUT2D eigenvalue weighted by Crippen LogP contribution is -2.39. The van der Waals surface area contributed by atoms with Crippen molar-refractivity contribution in [2.75, 3.05) is 45.9 Å². The fraction of sp³-hybridized carbons (Fsp3) is 0.600. The molecular formula is C20H32IN5O2. The third kappa shape index (κ3) is 7.56. The van der Waals surface area contributed by atoms with Crippen LogP contribution < -0.4 is 11.1 Å². The molecule has 0 unspecified atom stereocenters. The number of carbonyl (C=O) groups excluding carboxylic acids is 1. The topological polar surface area (TPSA) is 83.2 Å². The number of rotatable bonds is 8. The van der Waals surface area contributed by atoms with Gasteiger partial charge in [0.05, 0.1) is 19.8 Å². The number of amides is 1. The van der Waals surface area contributed by atoms with Gasteiger partial charge in [0.15, 0.2) is 5.96 Å². The second-order valence-electron chi connectivity index (χ2n) is 7.17. The number of aliphatic imine (C=N–C) groups is 1. The first-order valence-electron chi connectivity index (χ1n) is 9.90. The molecule has 0 bridgehead atoms. The molecule has 2 aliphatic rings. The number of halogens is 1. The molecule has 1 aromatic carbocycles. The second-order valence-corrected chi connectivity index (χ2v) is 7.17. The number of hydrogen-bond donors (Lipinski definition) is 2. The molecule has 8 heteroatoms. The van der Waals surface area contributed by atoms with Gasteiger partial charge < -0.3 is 20.7 Å². The number of nitrogens with two attached hydrogens (primary N) is 1. The lowest BCUT2D eigenvalue weighted by atomic mass is 10.1. The summed E-state index contributed by atoms with van der Waals surface area (Å²) in [6, 6.07) is 8.24. The maximum atomic E-state index is 11.8. The number of nitrogens with zero attached hydrogens (tertiary/aromatic N) is 3. The van der Waals surface area contributed by atoms with Crippen molar-refractivity contribution in [1.82, 2.24) is 15.1 Å². The van der Waals surface area contributed by atoms with Crippen molar-refractivity contribution in [2.24, 2.45) is 10.7 Å². The number of hydrogen-bond acceptors (Lipinski definition) is 4. The van der Waals surface area contributed by atoms with Gasteiger partial charge in [-0.15, -0.1) is 24.0 Å². The Morgan fingerprint density at radius 2 is 2.00 bits per heavy atom. The van der Waals surface area contributed by atoms with E-state index in [-0.39, 0.29) is 29.9 Å². The third-order valence-electron chi connectivity index (χ3n) is 5.03. The first-order valence-corrected chi connectivity index (χ1v) is 9.90. The second kappa shape index (κ2) is 12.2. The van der Waals surface area contributed by atoms with Gasteiger partial charge in [0.25, 0.3) is 0 Å². The highest BCUT2D eigenvalue weighted by molar-refractivity contribution is 14.0. The molecule has 0 saturated carbocycles. The summed E-state index contributed by atoms with van der Waals surface area (Å²) in [7, 11) is 0. The van der Waals surface area contributed by atoms with Crippen LogP contribution in [0.2, 0.25) is 0 Å². The molecule has 0 aromatic heterocycles. The third-order valence-corrected chi connectivity index (χ3v) is 5.03. The van der Waals surface area contributed by atoms with Crippen LogP contribution in [-0.2, 0) is 22.6 Å². The minimum atomic E-state index is 0. The summed E-state index contributed by atoms with van der Waals surface area (Å²) in [4.78, 5) is 20.5. The largest absolute Gasteiger partial charge is 0.379 e. The molecule has 156 valence electrons. The number of likely N-dealkylation sites (tertiary alicyclic amines) is 1. The minimum absolute atomic E-state index is 0. The van der Waals surface area contributed by atoms with E-state index >= 15 is 0 Å². The predicted molar refractivity (Wildman–Crippen MR) is 122 cm³/mol. The highest BCUT2D eigenvalue weighted by Gasteiger charge is 2.19. The number of benzene rings is 1.